The fourth-order valence-corrected chi connectivity index (χ4v) is 4.43. The Morgan fingerprint density at radius 2 is 1.05 bits per heavy atom. The van der Waals surface area contributed by atoms with E-state index < -0.39 is 0 Å². The fourth-order valence-electron chi connectivity index (χ4n) is 2.28. The Balaban J connectivity index is 1.40. The summed E-state index contributed by atoms with van der Waals surface area (Å²) in [6, 6.07) is 20.5. The van der Waals surface area contributed by atoms with E-state index >= 15 is 0 Å². The molecule has 6 heteroatoms. The van der Waals surface area contributed by atoms with Crippen LogP contribution < -0.4 is 10.9 Å². The molecule has 0 spiro atoms. The Hall–Kier alpha value is -1.92. The molecule has 0 saturated heterocycles. The van der Waals surface area contributed by atoms with Crippen LogP contribution in [0.25, 0.3) is 0 Å². The third kappa shape index (κ3) is 2.71. The van der Waals surface area contributed by atoms with Crippen LogP contribution in [0.3, 0.4) is 0 Å². The van der Waals surface area contributed by atoms with Gasteiger partial charge in [0.05, 0.1) is 0 Å². The van der Waals surface area contributed by atoms with Crippen molar-refractivity contribution in [3.05, 3.63) is 71.8 Å². The number of hydrazone groups is 2. The lowest BCUT2D eigenvalue weighted by atomic mass is 10.2. The molecule has 2 heterocycles. The summed E-state index contributed by atoms with van der Waals surface area (Å²) >= 11 is 3.48. The van der Waals surface area contributed by atoms with E-state index in [2.05, 4.69) is 45.3 Å². The van der Waals surface area contributed by atoms with Crippen molar-refractivity contribution < 1.29 is 0 Å². The van der Waals surface area contributed by atoms with Gasteiger partial charge in [0.2, 0.25) is 0 Å². The lowest BCUT2D eigenvalue weighted by Crippen LogP contribution is -2.35. The van der Waals surface area contributed by atoms with Crippen LogP contribution in [0.2, 0.25) is 0 Å². The number of benzene rings is 2. The van der Waals surface area contributed by atoms with E-state index in [0.29, 0.717) is 0 Å². The van der Waals surface area contributed by atoms with Crippen molar-refractivity contribution in [3.8, 4) is 0 Å². The second-order valence-electron chi connectivity index (χ2n) is 4.90. The maximum Gasteiger partial charge on any atom is 0.127 e. The Bertz CT molecular complexity index is 652. The van der Waals surface area contributed by atoms with Crippen LogP contribution in [0, 0.1) is 0 Å². The first-order chi connectivity index (χ1) is 10.9. The summed E-state index contributed by atoms with van der Waals surface area (Å²) in [7, 11) is 0. The van der Waals surface area contributed by atoms with Gasteiger partial charge in [-0.05, 0) is 0 Å². The minimum atomic E-state index is 0.171. The van der Waals surface area contributed by atoms with Gasteiger partial charge < -0.3 is 0 Å². The second-order valence-corrected chi connectivity index (χ2v) is 7.16. The summed E-state index contributed by atoms with van der Waals surface area (Å²) in [5, 5.41) is 11.3. The summed E-state index contributed by atoms with van der Waals surface area (Å²) in [6.45, 7) is 0. The number of rotatable bonds is 3. The molecular formula is C16H14N4S2. The van der Waals surface area contributed by atoms with Crippen LogP contribution in [0.5, 0.6) is 0 Å². The number of hydrogen-bond acceptors (Lipinski definition) is 6. The van der Waals surface area contributed by atoms with Crippen LogP contribution in [-0.4, -0.2) is 20.8 Å². The second kappa shape index (κ2) is 6.06. The van der Waals surface area contributed by atoms with Crippen molar-refractivity contribution in [1.82, 2.24) is 10.9 Å². The fraction of sp³-hybridized carbons (Fsp3) is 0.125. The molecule has 2 aliphatic heterocycles. The zero-order chi connectivity index (χ0) is 14.8. The molecule has 110 valence electrons. The number of nitrogens with zero attached hydrogens (tertiary/aromatic N) is 2. The Kier molecular flexibility index (Phi) is 3.78. The summed E-state index contributed by atoms with van der Waals surface area (Å²) in [6.07, 6.45) is 0. The molecule has 0 radical (unpaired) electrons. The lowest BCUT2D eigenvalue weighted by molar-refractivity contribution is 0.600. The maximum absolute atomic E-state index is 4.46. The molecule has 2 aliphatic rings. The first kappa shape index (κ1) is 13.7. The van der Waals surface area contributed by atoms with Gasteiger partial charge in [0.25, 0.3) is 0 Å². The van der Waals surface area contributed by atoms with Gasteiger partial charge in [0, 0.05) is 11.1 Å². The van der Waals surface area contributed by atoms with Gasteiger partial charge >= 0.3 is 0 Å². The van der Waals surface area contributed by atoms with Crippen LogP contribution in [0.1, 0.15) is 11.1 Å². The molecule has 2 N–H and O–H groups in total. The van der Waals surface area contributed by atoms with E-state index in [9.17, 15) is 0 Å². The van der Waals surface area contributed by atoms with E-state index in [0.717, 1.165) is 21.2 Å². The third-order valence-corrected chi connectivity index (χ3v) is 5.92. The SMILES string of the molecule is c1ccc(C2=NN[C@@H]([C@H]3NN=C(c4ccccc4)S3)S2)cc1. The molecule has 0 aromatic heterocycles. The van der Waals surface area contributed by atoms with Crippen LogP contribution in [-0.2, 0) is 0 Å². The molecule has 4 rings (SSSR count). The van der Waals surface area contributed by atoms with Gasteiger partial charge in [-0.15, -0.1) is 0 Å². The molecule has 0 unspecified atom stereocenters. The molecule has 2 atom stereocenters. The highest BCUT2D eigenvalue weighted by molar-refractivity contribution is 8.18. The molecule has 0 amide bonds. The van der Waals surface area contributed by atoms with Crippen molar-refractivity contribution >= 4 is 33.6 Å². The van der Waals surface area contributed by atoms with E-state index in [4.69, 9.17) is 0 Å². The largest absolute Gasteiger partial charge is 0.292 e. The predicted octanol–water partition coefficient (Wildman–Crippen LogP) is 3.04. The molecular weight excluding hydrogens is 312 g/mol. The van der Waals surface area contributed by atoms with Gasteiger partial charge in [-0.2, -0.15) is 10.2 Å². The van der Waals surface area contributed by atoms with Gasteiger partial charge in [0.15, 0.2) is 0 Å². The standard InChI is InChI=1S/C16H14N4S2/c1-3-7-11(8-4-1)13-17-19-15(21-13)16-20-18-14(22-16)12-9-5-2-6-10-12/h1-10,15-16,19-20H/t15-,16+. The van der Waals surface area contributed by atoms with Crippen molar-refractivity contribution in [1.29, 1.82) is 0 Å². The summed E-state index contributed by atoms with van der Waals surface area (Å²) in [5.74, 6) is 0. The molecule has 22 heavy (non-hydrogen) atoms. The first-order valence-corrected chi connectivity index (χ1v) is 8.77. The minimum absolute atomic E-state index is 0.171. The third-order valence-electron chi connectivity index (χ3n) is 3.38. The van der Waals surface area contributed by atoms with Gasteiger partial charge in [-0.1, -0.05) is 84.2 Å². The summed E-state index contributed by atoms with van der Waals surface area (Å²) < 4.78 is 0. The minimum Gasteiger partial charge on any atom is -0.292 e. The average molecular weight is 326 g/mol. The highest BCUT2D eigenvalue weighted by atomic mass is 32.2. The van der Waals surface area contributed by atoms with E-state index in [1.54, 1.807) is 23.5 Å². The van der Waals surface area contributed by atoms with Crippen molar-refractivity contribution in [3.63, 3.8) is 0 Å². The van der Waals surface area contributed by atoms with E-state index in [1.807, 2.05) is 36.4 Å². The highest BCUT2D eigenvalue weighted by Gasteiger charge is 2.33. The first-order valence-electron chi connectivity index (χ1n) is 7.01. The Morgan fingerprint density at radius 3 is 1.45 bits per heavy atom. The zero-order valence-electron chi connectivity index (χ0n) is 11.6. The monoisotopic (exact) mass is 326 g/mol. The predicted molar refractivity (Wildman–Crippen MR) is 95.0 cm³/mol. The van der Waals surface area contributed by atoms with Gasteiger partial charge in [-0.25, -0.2) is 0 Å². The number of thioether (sulfide) groups is 2. The molecule has 0 bridgehead atoms. The lowest BCUT2D eigenvalue weighted by Gasteiger charge is -2.15. The Morgan fingerprint density at radius 1 is 0.636 bits per heavy atom. The van der Waals surface area contributed by atoms with Crippen LogP contribution >= 0.6 is 23.5 Å². The van der Waals surface area contributed by atoms with E-state index in [-0.39, 0.29) is 10.7 Å². The van der Waals surface area contributed by atoms with Gasteiger partial charge in [-0.3, -0.25) is 10.9 Å². The molecule has 4 nitrogen and oxygen atoms in total. The van der Waals surface area contributed by atoms with Crippen LogP contribution in [0.4, 0.5) is 0 Å². The Labute approximate surface area is 137 Å². The summed E-state index contributed by atoms with van der Waals surface area (Å²) in [5.41, 5.74) is 8.72. The average Bonchev–Trinajstić information content (AvgIpc) is 3.26. The van der Waals surface area contributed by atoms with Crippen molar-refractivity contribution in [2.24, 2.45) is 10.2 Å². The van der Waals surface area contributed by atoms with Crippen LogP contribution in [0.15, 0.2) is 70.9 Å². The molecule has 0 aliphatic carbocycles. The van der Waals surface area contributed by atoms with Crippen molar-refractivity contribution in [2.75, 3.05) is 0 Å². The molecule has 0 fully saturated rings. The van der Waals surface area contributed by atoms with Crippen molar-refractivity contribution in [2.45, 2.75) is 10.7 Å². The smallest absolute Gasteiger partial charge is 0.127 e. The molecule has 2 aromatic carbocycles. The highest BCUT2D eigenvalue weighted by Crippen LogP contribution is 2.33. The number of nitrogens with one attached hydrogen (secondary N) is 2. The molecule has 2 aromatic rings. The number of hydrogen-bond donors (Lipinski definition) is 2. The quantitative estimate of drug-likeness (QED) is 0.910. The van der Waals surface area contributed by atoms with Gasteiger partial charge in [0.1, 0.15) is 20.8 Å². The normalized spacial score (nSPS) is 23.5. The molecule has 0 saturated carbocycles. The maximum atomic E-state index is 4.46. The summed E-state index contributed by atoms with van der Waals surface area (Å²) in [4.78, 5) is 0. The topological polar surface area (TPSA) is 48.8 Å². The van der Waals surface area contributed by atoms with E-state index in [1.165, 1.54) is 0 Å². The zero-order valence-corrected chi connectivity index (χ0v) is 13.3.